The van der Waals surface area contributed by atoms with Crippen LogP contribution >= 0.6 is 10.8 Å². The van der Waals surface area contributed by atoms with E-state index in [1.165, 1.54) is 18.2 Å². The van der Waals surface area contributed by atoms with E-state index in [0.717, 1.165) is 37.5 Å². The van der Waals surface area contributed by atoms with Crippen molar-refractivity contribution in [2.75, 3.05) is 16.3 Å². The highest BCUT2D eigenvalue weighted by Crippen LogP contribution is 2.57. The van der Waals surface area contributed by atoms with Gasteiger partial charge >= 0.3 is 0 Å². The lowest BCUT2D eigenvalue weighted by Gasteiger charge is -2.39. The number of carbonyl (C=O) groups is 1. The van der Waals surface area contributed by atoms with Gasteiger partial charge in [-0.2, -0.15) is 0 Å². The maximum atomic E-state index is 14.1. The summed E-state index contributed by atoms with van der Waals surface area (Å²) in [6.07, 6.45) is 5.98. The van der Waals surface area contributed by atoms with Crippen molar-refractivity contribution in [3.8, 4) is 0 Å². The number of aliphatic hydroxyl groups is 1. The minimum absolute atomic E-state index is 0.0163. The van der Waals surface area contributed by atoms with Crippen LogP contribution in [0.1, 0.15) is 50.2 Å². The van der Waals surface area contributed by atoms with Crippen LogP contribution in [0.4, 0.5) is 11.4 Å². The number of fused-ring (bicyclic) bond motifs is 2. The van der Waals surface area contributed by atoms with Gasteiger partial charge in [0.1, 0.15) is 16.2 Å². The Kier molecular flexibility index (Phi) is 5.94. The zero-order valence-electron chi connectivity index (χ0n) is 20.0. The van der Waals surface area contributed by atoms with Crippen LogP contribution in [0.5, 0.6) is 0 Å². The Morgan fingerprint density at radius 1 is 1.17 bits per heavy atom. The minimum atomic E-state index is -3.81. The zero-order valence-corrected chi connectivity index (χ0v) is 21.6. The van der Waals surface area contributed by atoms with Gasteiger partial charge in [0.05, 0.1) is 23.0 Å². The first-order chi connectivity index (χ1) is 16.9. The summed E-state index contributed by atoms with van der Waals surface area (Å²) in [4.78, 5) is 14.1. The molecular weight excluding hydrogens is 502 g/mol. The van der Waals surface area contributed by atoms with Crippen LogP contribution in [0.3, 0.4) is 0 Å². The Balaban J connectivity index is 1.59. The number of hydrogen-bond acceptors (Lipinski definition) is 8. The molecule has 2 aromatic rings. The predicted octanol–water partition coefficient (Wildman–Crippen LogP) is 5.30. The topological polar surface area (TPSA) is 148 Å². The number of sulfonamides is 1. The van der Waals surface area contributed by atoms with Crippen LogP contribution in [-0.2, 0) is 20.2 Å². The average molecular weight is 532 g/mol. The summed E-state index contributed by atoms with van der Waals surface area (Å²) in [6.45, 7) is 1.89. The molecule has 0 amide bonds. The molecule has 1 unspecified atom stereocenters. The van der Waals surface area contributed by atoms with E-state index in [4.69, 9.17) is 0 Å². The van der Waals surface area contributed by atoms with Crippen molar-refractivity contribution in [1.82, 2.24) is 0 Å². The molecule has 2 aliphatic carbocycles. The summed E-state index contributed by atoms with van der Waals surface area (Å²) < 4.78 is 51.4. The molecule has 2 aromatic carbocycles. The van der Waals surface area contributed by atoms with Gasteiger partial charge < -0.3 is 10.4 Å². The molecule has 0 saturated heterocycles. The van der Waals surface area contributed by atoms with Crippen LogP contribution in [0.15, 0.2) is 57.3 Å². The van der Waals surface area contributed by atoms with Gasteiger partial charge in [-0.3, -0.25) is 18.6 Å². The summed E-state index contributed by atoms with van der Waals surface area (Å²) >= 11 is 0. The van der Waals surface area contributed by atoms with Gasteiger partial charge in [-0.1, -0.05) is 60.7 Å². The smallest absolute Gasteiger partial charge is 0.229 e. The van der Waals surface area contributed by atoms with E-state index in [1.54, 1.807) is 12.1 Å². The molecule has 3 aliphatic rings. The number of aliphatic hydroxyl groups excluding tert-OH is 1. The molecule has 1 saturated carbocycles. The molecule has 5 rings (SSSR count). The fourth-order valence-electron chi connectivity index (χ4n) is 5.59. The van der Waals surface area contributed by atoms with E-state index in [9.17, 15) is 27.4 Å². The van der Waals surface area contributed by atoms with E-state index in [-0.39, 0.29) is 39.2 Å². The predicted molar refractivity (Wildman–Crippen MR) is 142 cm³/mol. The summed E-state index contributed by atoms with van der Waals surface area (Å²) in [5.74, 6) is -0.330. The van der Waals surface area contributed by atoms with E-state index in [1.807, 2.05) is 19.1 Å². The number of nitrogens with zero attached hydrogens (tertiary/aromatic N) is 1. The Hall–Kier alpha value is -2.86. The normalized spacial score (nSPS) is 24.4. The van der Waals surface area contributed by atoms with Crippen LogP contribution in [0.25, 0.3) is 5.76 Å². The van der Waals surface area contributed by atoms with Crippen LogP contribution in [0, 0.1) is 5.92 Å². The fourth-order valence-corrected chi connectivity index (χ4v) is 7.33. The molecule has 11 heteroatoms. The van der Waals surface area contributed by atoms with Gasteiger partial charge in [0.2, 0.25) is 10.0 Å². The van der Waals surface area contributed by atoms with Gasteiger partial charge in [-0.25, -0.2) is 8.42 Å². The second kappa shape index (κ2) is 8.62. The summed E-state index contributed by atoms with van der Waals surface area (Å²) in [6, 6.07) is 11.5. The van der Waals surface area contributed by atoms with E-state index in [0.29, 0.717) is 17.9 Å². The zero-order chi connectivity index (χ0) is 25.9. The molecule has 0 spiro atoms. The number of amidine groups is 1. The summed E-state index contributed by atoms with van der Waals surface area (Å²) in [7, 11) is -7.39. The molecule has 9 nitrogen and oxygen atoms in total. The SMILES string of the molecule is CC1(CC2CCCC2)C(=O)C(C2=NS(O)(O)c3cc(NS(C)(=O)=O)ccc3N2)=C(O)c2ccccc21. The Labute approximate surface area is 211 Å². The van der Waals surface area contributed by atoms with E-state index < -0.39 is 26.2 Å². The van der Waals surface area contributed by atoms with Gasteiger partial charge in [0, 0.05) is 5.56 Å². The molecular formula is C25H29N3O6S2. The highest BCUT2D eigenvalue weighted by Gasteiger charge is 2.47. The molecule has 0 aromatic heterocycles. The molecule has 1 fully saturated rings. The van der Waals surface area contributed by atoms with Gasteiger partial charge in [-0.05, 0) is 43.0 Å². The van der Waals surface area contributed by atoms with Gasteiger partial charge in [0.25, 0.3) is 0 Å². The number of carbonyl (C=O) groups excluding carboxylic acids is 1. The first-order valence-corrected chi connectivity index (χ1v) is 15.1. The van der Waals surface area contributed by atoms with Crippen molar-refractivity contribution in [2.24, 2.45) is 10.3 Å². The Bertz CT molecular complexity index is 1430. The van der Waals surface area contributed by atoms with Crippen molar-refractivity contribution in [2.45, 2.75) is 49.3 Å². The maximum Gasteiger partial charge on any atom is 0.229 e. The summed E-state index contributed by atoms with van der Waals surface area (Å²) in [5.41, 5.74) is 0.673. The standard InChI is InChI=1S/C25H29N3O6S2/c1-25(14-15-7-3-4-8-15)18-10-6-5-9-17(18)22(29)21(23(25)30)24-26-19-12-11-16(27-35(2,31)32)13-20(19)36(33,34)28-24/h5-6,9-13,15,27,29,33-34H,3-4,7-8,14H2,1-2H3,(H,26,28). The van der Waals surface area contributed by atoms with Crippen LogP contribution < -0.4 is 10.0 Å². The fraction of sp³-hybridized carbons (Fsp3) is 0.360. The second-order valence-corrected chi connectivity index (χ2v) is 13.4. The molecule has 5 N–H and O–H groups in total. The van der Waals surface area contributed by atoms with Crippen molar-refractivity contribution in [3.63, 3.8) is 0 Å². The summed E-state index contributed by atoms with van der Waals surface area (Å²) in [5, 5.41) is 14.2. The van der Waals surface area contributed by atoms with Crippen LogP contribution in [0.2, 0.25) is 0 Å². The number of Topliss-reactive ketones (excluding diaryl/α,β-unsaturated/α-hetero) is 1. The quantitative estimate of drug-likeness (QED) is 0.352. The lowest BCUT2D eigenvalue weighted by atomic mass is 9.65. The molecule has 192 valence electrons. The molecule has 0 radical (unpaired) electrons. The van der Waals surface area contributed by atoms with Gasteiger partial charge in [-0.15, -0.1) is 4.40 Å². The van der Waals surface area contributed by atoms with E-state index in [2.05, 4.69) is 14.4 Å². The lowest BCUT2D eigenvalue weighted by Crippen LogP contribution is -2.43. The third kappa shape index (κ3) is 4.30. The molecule has 1 aliphatic heterocycles. The molecule has 0 bridgehead atoms. The number of hydrogen-bond donors (Lipinski definition) is 5. The number of anilines is 2. The van der Waals surface area contributed by atoms with Crippen molar-refractivity contribution >= 4 is 49.6 Å². The monoisotopic (exact) mass is 531 g/mol. The number of rotatable bonds is 5. The second-order valence-electron chi connectivity index (χ2n) is 9.95. The minimum Gasteiger partial charge on any atom is -0.506 e. The molecule has 1 heterocycles. The van der Waals surface area contributed by atoms with E-state index >= 15 is 0 Å². The van der Waals surface area contributed by atoms with Gasteiger partial charge in [0.15, 0.2) is 11.6 Å². The molecule has 36 heavy (non-hydrogen) atoms. The maximum absolute atomic E-state index is 14.1. The third-order valence-corrected chi connectivity index (χ3v) is 9.17. The lowest BCUT2D eigenvalue weighted by molar-refractivity contribution is -0.120. The Morgan fingerprint density at radius 3 is 2.56 bits per heavy atom. The number of ketones is 1. The van der Waals surface area contributed by atoms with Crippen LogP contribution in [-0.4, -0.2) is 40.5 Å². The Morgan fingerprint density at radius 2 is 1.86 bits per heavy atom. The number of nitrogens with one attached hydrogen (secondary N) is 2. The van der Waals surface area contributed by atoms with Crippen molar-refractivity contribution in [3.05, 3.63) is 59.2 Å². The van der Waals surface area contributed by atoms with Crippen molar-refractivity contribution < 1.29 is 27.4 Å². The third-order valence-electron chi connectivity index (χ3n) is 7.20. The first kappa shape index (κ1) is 24.8. The first-order valence-electron chi connectivity index (χ1n) is 11.7. The van der Waals surface area contributed by atoms with Crippen molar-refractivity contribution in [1.29, 1.82) is 0 Å². The highest BCUT2D eigenvalue weighted by atomic mass is 32.3. The highest BCUT2D eigenvalue weighted by molar-refractivity contribution is 8.23. The largest absolute Gasteiger partial charge is 0.506 e. The number of benzene rings is 2. The molecule has 1 atom stereocenters. The average Bonchev–Trinajstić information content (AvgIpc) is 3.30.